The van der Waals surface area contributed by atoms with E-state index in [1.165, 1.54) is 0 Å². The molecule has 0 saturated carbocycles. The molecule has 0 bridgehead atoms. The van der Waals surface area contributed by atoms with Crippen LogP contribution in [0.3, 0.4) is 0 Å². The number of ether oxygens (including phenoxy) is 1. The molecule has 2 rings (SSSR count). The molecule has 2 amide bonds. The summed E-state index contributed by atoms with van der Waals surface area (Å²) in [5, 5.41) is 6.19. The van der Waals surface area contributed by atoms with Gasteiger partial charge in [-0.2, -0.15) is 0 Å². The van der Waals surface area contributed by atoms with Gasteiger partial charge < -0.3 is 15.4 Å². The number of hydrogen-bond acceptors (Lipinski definition) is 2. The van der Waals surface area contributed by atoms with E-state index in [1.54, 1.807) is 12.1 Å². The molecule has 0 heterocycles. The quantitative estimate of drug-likeness (QED) is 0.741. The number of amides is 2. The smallest absolute Gasteiger partial charge is 0.315 e. The van der Waals surface area contributed by atoms with E-state index in [0.717, 1.165) is 15.8 Å². The minimum Gasteiger partial charge on any atom is -0.491 e. The highest BCUT2D eigenvalue weighted by atomic mass is 79.9. The van der Waals surface area contributed by atoms with E-state index in [0.29, 0.717) is 24.7 Å². The predicted molar refractivity (Wildman–Crippen MR) is 91.3 cm³/mol. The van der Waals surface area contributed by atoms with Crippen LogP contribution in [0.2, 0.25) is 5.02 Å². The monoisotopic (exact) mass is 382 g/mol. The summed E-state index contributed by atoms with van der Waals surface area (Å²) in [4.78, 5) is 11.6. The molecule has 0 atom stereocenters. The summed E-state index contributed by atoms with van der Waals surface area (Å²) >= 11 is 9.20. The molecule has 6 heteroatoms. The minimum atomic E-state index is -0.231. The molecule has 0 spiro atoms. The molecule has 2 N–H and O–H groups in total. The SMILES string of the molecule is O=C(NCCOc1ccccc1Br)NCc1ccc(Cl)cc1. The van der Waals surface area contributed by atoms with Crippen LogP contribution in [0.1, 0.15) is 5.56 Å². The molecule has 22 heavy (non-hydrogen) atoms. The van der Waals surface area contributed by atoms with Gasteiger partial charge in [-0.1, -0.05) is 35.9 Å². The van der Waals surface area contributed by atoms with Crippen LogP contribution < -0.4 is 15.4 Å². The maximum Gasteiger partial charge on any atom is 0.315 e. The molecule has 0 unspecified atom stereocenters. The van der Waals surface area contributed by atoms with Crippen molar-refractivity contribution in [1.29, 1.82) is 0 Å². The topological polar surface area (TPSA) is 50.4 Å². The lowest BCUT2D eigenvalue weighted by molar-refractivity contribution is 0.236. The zero-order valence-electron chi connectivity index (χ0n) is 11.8. The van der Waals surface area contributed by atoms with Crippen molar-refractivity contribution in [2.24, 2.45) is 0 Å². The Hall–Kier alpha value is -1.72. The summed E-state index contributed by atoms with van der Waals surface area (Å²) in [5.41, 5.74) is 0.990. The normalized spacial score (nSPS) is 10.1. The van der Waals surface area contributed by atoms with Gasteiger partial charge in [-0.25, -0.2) is 4.79 Å². The van der Waals surface area contributed by atoms with Gasteiger partial charge in [0.1, 0.15) is 12.4 Å². The van der Waals surface area contributed by atoms with Gasteiger partial charge in [-0.05, 0) is 45.8 Å². The van der Waals surface area contributed by atoms with Gasteiger partial charge in [0.05, 0.1) is 11.0 Å². The van der Waals surface area contributed by atoms with Gasteiger partial charge in [-0.3, -0.25) is 0 Å². The maximum absolute atomic E-state index is 11.6. The highest BCUT2D eigenvalue weighted by Gasteiger charge is 2.02. The number of benzene rings is 2. The Morgan fingerprint density at radius 1 is 1.09 bits per heavy atom. The second-order valence-electron chi connectivity index (χ2n) is 4.51. The summed E-state index contributed by atoms with van der Waals surface area (Å²) in [6, 6.07) is 14.7. The molecule has 0 aliphatic carbocycles. The van der Waals surface area contributed by atoms with Gasteiger partial charge in [0.2, 0.25) is 0 Å². The third kappa shape index (κ3) is 5.58. The summed E-state index contributed by atoms with van der Waals surface area (Å²) in [6.45, 7) is 1.28. The second kappa shape index (κ2) is 8.66. The Morgan fingerprint density at radius 3 is 2.55 bits per heavy atom. The summed E-state index contributed by atoms with van der Waals surface area (Å²) in [5.74, 6) is 0.755. The molecule has 0 radical (unpaired) electrons. The van der Waals surface area contributed by atoms with Gasteiger partial charge in [0.15, 0.2) is 0 Å². The zero-order valence-corrected chi connectivity index (χ0v) is 14.2. The van der Waals surface area contributed by atoms with Crippen molar-refractivity contribution in [3.05, 3.63) is 63.6 Å². The first-order chi connectivity index (χ1) is 10.6. The lowest BCUT2D eigenvalue weighted by Gasteiger charge is -2.10. The summed E-state index contributed by atoms with van der Waals surface area (Å²) in [6.07, 6.45) is 0. The number of carbonyl (C=O) groups excluding carboxylic acids is 1. The van der Waals surface area contributed by atoms with E-state index in [9.17, 15) is 4.79 Å². The average Bonchev–Trinajstić information content (AvgIpc) is 2.52. The minimum absolute atomic E-state index is 0.231. The Morgan fingerprint density at radius 2 is 1.82 bits per heavy atom. The molecule has 116 valence electrons. The van der Waals surface area contributed by atoms with Crippen LogP contribution in [0.4, 0.5) is 4.79 Å². The average molecular weight is 384 g/mol. The number of urea groups is 1. The fourth-order valence-corrected chi connectivity index (χ4v) is 2.26. The van der Waals surface area contributed by atoms with Crippen molar-refractivity contribution < 1.29 is 9.53 Å². The molecule has 0 saturated heterocycles. The first-order valence-corrected chi connectivity index (χ1v) is 7.96. The molecular formula is C16H16BrClN2O2. The van der Waals surface area contributed by atoms with Crippen molar-refractivity contribution in [3.8, 4) is 5.75 Å². The molecule has 0 aliphatic rings. The van der Waals surface area contributed by atoms with Gasteiger partial charge >= 0.3 is 6.03 Å². The van der Waals surface area contributed by atoms with Crippen molar-refractivity contribution in [1.82, 2.24) is 10.6 Å². The highest BCUT2D eigenvalue weighted by Crippen LogP contribution is 2.23. The molecule has 0 aliphatic heterocycles. The summed E-state index contributed by atoms with van der Waals surface area (Å²) in [7, 11) is 0. The third-order valence-corrected chi connectivity index (χ3v) is 3.76. The number of rotatable bonds is 6. The summed E-state index contributed by atoms with van der Waals surface area (Å²) < 4.78 is 6.45. The number of para-hydroxylation sites is 1. The number of hydrogen-bond donors (Lipinski definition) is 2. The molecule has 4 nitrogen and oxygen atoms in total. The first kappa shape index (κ1) is 16.6. The Labute approximate surface area is 142 Å². The predicted octanol–water partition coefficient (Wildman–Crippen LogP) is 3.98. The van der Waals surface area contributed by atoms with Crippen molar-refractivity contribution in [3.63, 3.8) is 0 Å². The van der Waals surface area contributed by atoms with E-state index in [4.69, 9.17) is 16.3 Å². The van der Waals surface area contributed by atoms with Crippen LogP contribution in [0.15, 0.2) is 53.0 Å². The lowest BCUT2D eigenvalue weighted by atomic mass is 10.2. The second-order valence-corrected chi connectivity index (χ2v) is 5.81. The molecule has 2 aromatic rings. The number of nitrogens with one attached hydrogen (secondary N) is 2. The Bertz CT molecular complexity index is 620. The van der Waals surface area contributed by atoms with Crippen LogP contribution in [-0.4, -0.2) is 19.2 Å². The Balaban J connectivity index is 1.64. The first-order valence-electron chi connectivity index (χ1n) is 6.78. The van der Waals surface area contributed by atoms with Gasteiger partial charge in [0.25, 0.3) is 0 Å². The van der Waals surface area contributed by atoms with Crippen molar-refractivity contribution in [2.75, 3.05) is 13.2 Å². The van der Waals surface area contributed by atoms with Crippen LogP contribution in [-0.2, 0) is 6.54 Å². The van der Waals surface area contributed by atoms with E-state index in [2.05, 4.69) is 26.6 Å². The van der Waals surface area contributed by atoms with Crippen molar-refractivity contribution >= 4 is 33.6 Å². The van der Waals surface area contributed by atoms with E-state index in [1.807, 2.05) is 36.4 Å². The lowest BCUT2D eigenvalue weighted by Crippen LogP contribution is -2.37. The van der Waals surface area contributed by atoms with Crippen LogP contribution >= 0.6 is 27.5 Å². The van der Waals surface area contributed by atoms with E-state index in [-0.39, 0.29) is 6.03 Å². The molecule has 0 fully saturated rings. The largest absolute Gasteiger partial charge is 0.491 e. The van der Waals surface area contributed by atoms with Crippen molar-refractivity contribution in [2.45, 2.75) is 6.54 Å². The highest BCUT2D eigenvalue weighted by molar-refractivity contribution is 9.10. The number of carbonyl (C=O) groups is 1. The molecule has 0 aromatic heterocycles. The fraction of sp³-hybridized carbons (Fsp3) is 0.188. The Kier molecular flexibility index (Phi) is 6.55. The number of halogens is 2. The van der Waals surface area contributed by atoms with Gasteiger partial charge in [-0.15, -0.1) is 0 Å². The van der Waals surface area contributed by atoms with E-state index < -0.39 is 0 Å². The van der Waals surface area contributed by atoms with Gasteiger partial charge in [0, 0.05) is 11.6 Å². The molecular weight excluding hydrogens is 368 g/mol. The third-order valence-electron chi connectivity index (χ3n) is 2.85. The van der Waals surface area contributed by atoms with Crippen LogP contribution in [0.5, 0.6) is 5.75 Å². The molecule has 2 aromatic carbocycles. The fourth-order valence-electron chi connectivity index (χ4n) is 1.73. The maximum atomic E-state index is 11.6. The van der Waals surface area contributed by atoms with Crippen LogP contribution in [0.25, 0.3) is 0 Å². The van der Waals surface area contributed by atoms with E-state index >= 15 is 0 Å². The van der Waals surface area contributed by atoms with Crippen LogP contribution in [0, 0.1) is 0 Å². The standard InChI is InChI=1S/C16H16BrClN2O2/c17-14-3-1-2-4-15(14)22-10-9-19-16(21)20-11-12-5-7-13(18)8-6-12/h1-8H,9-11H2,(H2,19,20,21). The zero-order chi connectivity index (χ0) is 15.8.